The lowest BCUT2D eigenvalue weighted by Crippen LogP contribution is -2.36. The molecule has 0 aliphatic rings. The van der Waals surface area contributed by atoms with Crippen LogP contribution >= 0.6 is 0 Å². The SMILES string of the molecule is Cc1ccc(S(=O)(=O)N(C)CC(=O)N/N=C\c2cccc(Oc3ccccc3)c2)cc1. The maximum absolute atomic E-state index is 12.6. The molecule has 0 unspecified atom stereocenters. The van der Waals surface area contributed by atoms with Gasteiger partial charge in [-0.2, -0.15) is 9.41 Å². The maximum Gasteiger partial charge on any atom is 0.255 e. The van der Waals surface area contributed by atoms with Crippen LogP contribution in [0.1, 0.15) is 11.1 Å². The van der Waals surface area contributed by atoms with Crippen molar-refractivity contribution in [1.82, 2.24) is 9.73 Å². The number of hydrazone groups is 1. The van der Waals surface area contributed by atoms with Crippen molar-refractivity contribution in [2.45, 2.75) is 11.8 Å². The normalized spacial score (nSPS) is 11.6. The van der Waals surface area contributed by atoms with Gasteiger partial charge in [-0.15, -0.1) is 0 Å². The Morgan fingerprint density at radius 2 is 1.68 bits per heavy atom. The molecule has 3 aromatic rings. The summed E-state index contributed by atoms with van der Waals surface area (Å²) in [6.07, 6.45) is 1.46. The van der Waals surface area contributed by atoms with E-state index in [4.69, 9.17) is 4.74 Å². The van der Waals surface area contributed by atoms with Crippen LogP contribution in [-0.4, -0.2) is 38.4 Å². The van der Waals surface area contributed by atoms with E-state index in [-0.39, 0.29) is 11.4 Å². The first kappa shape index (κ1) is 22.2. The van der Waals surface area contributed by atoms with Crippen molar-refractivity contribution in [2.75, 3.05) is 13.6 Å². The summed E-state index contributed by atoms with van der Waals surface area (Å²) in [6, 6.07) is 23.0. The number of nitrogens with zero attached hydrogens (tertiary/aromatic N) is 2. The summed E-state index contributed by atoms with van der Waals surface area (Å²) >= 11 is 0. The van der Waals surface area contributed by atoms with E-state index in [1.807, 2.05) is 55.5 Å². The molecule has 0 heterocycles. The summed E-state index contributed by atoms with van der Waals surface area (Å²) < 4.78 is 31.9. The second-order valence-electron chi connectivity index (χ2n) is 6.85. The summed E-state index contributed by atoms with van der Waals surface area (Å²) in [4.78, 5) is 12.3. The molecule has 0 radical (unpaired) electrons. The van der Waals surface area contributed by atoms with Gasteiger partial charge in [-0.1, -0.05) is 48.0 Å². The predicted molar refractivity (Wildman–Crippen MR) is 120 cm³/mol. The largest absolute Gasteiger partial charge is 0.457 e. The number of ether oxygens (including phenoxy) is 1. The van der Waals surface area contributed by atoms with Gasteiger partial charge in [-0.3, -0.25) is 4.79 Å². The number of hydrogen-bond donors (Lipinski definition) is 1. The Morgan fingerprint density at radius 1 is 1.00 bits per heavy atom. The second-order valence-corrected chi connectivity index (χ2v) is 8.90. The first-order valence-electron chi connectivity index (χ1n) is 9.52. The fraction of sp³-hybridized carbons (Fsp3) is 0.130. The van der Waals surface area contributed by atoms with Gasteiger partial charge < -0.3 is 4.74 Å². The highest BCUT2D eigenvalue weighted by molar-refractivity contribution is 7.89. The molecule has 0 fully saturated rings. The van der Waals surface area contributed by atoms with Gasteiger partial charge in [0.15, 0.2) is 0 Å². The molecule has 0 aliphatic heterocycles. The van der Waals surface area contributed by atoms with Gasteiger partial charge in [-0.05, 0) is 48.9 Å². The first-order chi connectivity index (χ1) is 14.8. The third-order valence-electron chi connectivity index (χ3n) is 4.34. The van der Waals surface area contributed by atoms with Crippen molar-refractivity contribution >= 4 is 22.1 Å². The molecule has 0 spiro atoms. The summed E-state index contributed by atoms with van der Waals surface area (Å²) in [5, 5.41) is 3.91. The van der Waals surface area contributed by atoms with Crippen molar-refractivity contribution in [3.8, 4) is 11.5 Å². The summed E-state index contributed by atoms with van der Waals surface area (Å²) in [5.74, 6) is 0.791. The molecular formula is C23H23N3O4S. The van der Waals surface area contributed by atoms with Crippen molar-refractivity contribution in [3.05, 3.63) is 90.0 Å². The van der Waals surface area contributed by atoms with E-state index in [1.54, 1.807) is 18.2 Å². The molecule has 0 saturated carbocycles. The average Bonchev–Trinajstić information content (AvgIpc) is 2.75. The van der Waals surface area contributed by atoms with E-state index in [0.29, 0.717) is 11.5 Å². The molecule has 0 bridgehead atoms. The van der Waals surface area contributed by atoms with Crippen LogP contribution in [0.4, 0.5) is 0 Å². The second kappa shape index (κ2) is 10.0. The number of aryl methyl sites for hydroxylation is 1. The minimum Gasteiger partial charge on any atom is -0.457 e. The van der Waals surface area contributed by atoms with Crippen LogP contribution in [-0.2, 0) is 14.8 Å². The number of nitrogens with one attached hydrogen (secondary N) is 1. The molecule has 0 atom stereocenters. The third kappa shape index (κ3) is 6.24. The Hall–Kier alpha value is -3.49. The average molecular weight is 438 g/mol. The quantitative estimate of drug-likeness (QED) is 0.431. The highest BCUT2D eigenvalue weighted by Crippen LogP contribution is 2.21. The number of benzene rings is 3. The summed E-state index contributed by atoms with van der Waals surface area (Å²) in [7, 11) is -2.41. The Balaban J connectivity index is 1.56. The highest BCUT2D eigenvalue weighted by atomic mass is 32.2. The lowest BCUT2D eigenvalue weighted by atomic mass is 10.2. The lowest BCUT2D eigenvalue weighted by Gasteiger charge is -2.16. The molecule has 1 N–H and O–H groups in total. The van der Waals surface area contributed by atoms with Crippen LogP contribution in [0.25, 0.3) is 0 Å². The zero-order valence-corrected chi connectivity index (χ0v) is 18.0. The van der Waals surface area contributed by atoms with Crippen LogP contribution in [0.15, 0.2) is 88.9 Å². The van der Waals surface area contributed by atoms with Crippen LogP contribution in [0.3, 0.4) is 0 Å². The number of carbonyl (C=O) groups is 1. The molecule has 0 aliphatic carbocycles. The Morgan fingerprint density at radius 3 is 2.39 bits per heavy atom. The number of carbonyl (C=O) groups excluding carboxylic acids is 1. The van der Waals surface area contributed by atoms with Crippen molar-refractivity contribution in [2.24, 2.45) is 5.10 Å². The predicted octanol–water partition coefficient (Wildman–Crippen LogP) is 3.56. The highest BCUT2D eigenvalue weighted by Gasteiger charge is 2.22. The molecule has 3 aromatic carbocycles. The number of likely N-dealkylation sites (N-methyl/N-ethyl adjacent to an activating group) is 1. The van der Waals surface area contributed by atoms with Gasteiger partial charge in [0.05, 0.1) is 17.7 Å². The molecule has 160 valence electrons. The number of para-hydroxylation sites is 1. The number of sulfonamides is 1. The fourth-order valence-electron chi connectivity index (χ4n) is 2.67. The molecule has 7 nitrogen and oxygen atoms in total. The Bertz CT molecular complexity index is 1160. The van der Waals surface area contributed by atoms with Gasteiger partial charge in [0.2, 0.25) is 10.0 Å². The van der Waals surface area contributed by atoms with Gasteiger partial charge in [0.1, 0.15) is 11.5 Å². The molecule has 0 aromatic heterocycles. The van der Waals surface area contributed by atoms with E-state index in [0.717, 1.165) is 15.4 Å². The smallest absolute Gasteiger partial charge is 0.255 e. The topological polar surface area (TPSA) is 88.1 Å². The monoisotopic (exact) mass is 437 g/mol. The van der Waals surface area contributed by atoms with Crippen molar-refractivity contribution < 1.29 is 17.9 Å². The molecular weight excluding hydrogens is 414 g/mol. The van der Waals surface area contributed by atoms with Crippen LogP contribution in [0.5, 0.6) is 11.5 Å². The summed E-state index contributed by atoms with van der Waals surface area (Å²) in [5.41, 5.74) is 4.02. The number of amides is 1. The van der Waals surface area contributed by atoms with Gasteiger partial charge in [0.25, 0.3) is 5.91 Å². The summed E-state index contributed by atoms with van der Waals surface area (Å²) in [6.45, 7) is 1.51. The third-order valence-corrected chi connectivity index (χ3v) is 6.15. The van der Waals surface area contributed by atoms with Crippen molar-refractivity contribution in [1.29, 1.82) is 0 Å². The van der Waals surface area contributed by atoms with E-state index in [1.165, 1.54) is 25.4 Å². The zero-order chi connectivity index (χ0) is 22.3. The van der Waals surface area contributed by atoms with Gasteiger partial charge in [-0.25, -0.2) is 13.8 Å². The minimum atomic E-state index is -3.76. The van der Waals surface area contributed by atoms with Crippen LogP contribution < -0.4 is 10.2 Å². The van der Waals surface area contributed by atoms with E-state index >= 15 is 0 Å². The maximum atomic E-state index is 12.6. The fourth-order valence-corrected chi connectivity index (χ4v) is 3.80. The lowest BCUT2D eigenvalue weighted by molar-refractivity contribution is -0.121. The van der Waals surface area contributed by atoms with Crippen molar-refractivity contribution in [3.63, 3.8) is 0 Å². The minimum absolute atomic E-state index is 0.132. The Kier molecular flexibility index (Phi) is 7.17. The first-order valence-corrected chi connectivity index (χ1v) is 11.0. The molecule has 1 amide bonds. The zero-order valence-electron chi connectivity index (χ0n) is 17.2. The molecule has 3 rings (SSSR count). The number of hydrogen-bond acceptors (Lipinski definition) is 5. The Labute approximate surface area is 182 Å². The van der Waals surface area contributed by atoms with Crippen LogP contribution in [0, 0.1) is 6.92 Å². The molecule has 31 heavy (non-hydrogen) atoms. The van der Waals surface area contributed by atoms with E-state index in [9.17, 15) is 13.2 Å². The molecule has 8 heteroatoms. The van der Waals surface area contributed by atoms with E-state index < -0.39 is 15.9 Å². The van der Waals surface area contributed by atoms with E-state index in [2.05, 4.69) is 10.5 Å². The van der Waals surface area contributed by atoms with Gasteiger partial charge >= 0.3 is 0 Å². The molecule has 0 saturated heterocycles. The van der Waals surface area contributed by atoms with Crippen LogP contribution in [0.2, 0.25) is 0 Å². The standard InChI is InChI=1S/C23H23N3O4S/c1-18-11-13-22(14-12-18)31(28,29)26(2)17-23(27)25-24-16-19-7-6-10-21(15-19)30-20-8-4-3-5-9-20/h3-16H,17H2,1-2H3,(H,25,27)/b24-16-. The van der Waals surface area contributed by atoms with Gasteiger partial charge in [0, 0.05) is 7.05 Å². The number of rotatable bonds is 8.